The maximum Gasteiger partial charge on any atom is 0.159 e. The van der Waals surface area contributed by atoms with Crippen LogP contribution in [-0.4, -0.2) is 5.78 Å². The monoisotopic (exact) mass is 338 g/mol. The lowest BCUT2D eigenvalue weighted by molar-refractivity contribution is 0.101. The fourth-order valence-electron chi connectivity index (χ4n) is 1.58. The molecule has 0 aliphatic heterocycles. The van der Waals surface area contributed by atoms with Crippen molar-refractivity contribution in [1.29, 1.82) is 0 Å². The minimum Gasteiger partial charge on any atom is -0.487 e. The molecule has 0 fully saturated rings. The van der Waals surface area contributed by atoms with Gasteiger partial charge in [0.1, 0.15) is 12.4 Å². The van der Waals surface area contributed by atoms with E-state index in [4.69, 9.17) is 16.3 Å². The highest BCUT2D eigenvalue weighted by atomic mass is 79.9. The van der Waals surface area contributed by atoms with Gasteiger partial charge < -0.3 is 4.74 Å². The second-order valence-corrected chi connectivity index (χ2v) is 5.44. The number of halogens is 2. The molecule has 2 nitrogen and oxygen atoms in total. The van der Waals surface area contributed by atoms with E-state index in [1.807, 2.05) is 24.3 Å². The summed E-state index contributed by atoms with van der Waals surface area (Å²) in [5.74, 6) is 0.566. The molecule has 2 rings (SSSR count). The third-order valence-corrected chi connectivity index (χ3v) is 3.47. The number of hydrogen-bond acceptors (Lipinski definition) is 2. The summed E-state index contributed by atoms with van der Waals surface area (Å²) in [6, 6.07) is 12.9. The molecule has 0 aromatic heterocycles. The Morgan fingerprint density at radius 3 is 2.47 bits per heavy atom. The van der Waals surface area contributed by atoms with Crippen molar-refractivity contribution in [1.82, 2.24) is 0 Å². The van der Waals surface area contributed by atoms with Crippen LogP contribution in [0.15, 0.2) is 46.9 Å². The quantitative estimate of drug-likeness (QED) is 0.742. The van der Waals surface area contributed by atoms with Crippen LogP contribution in [-0.2, 0) is 6.61 Å². The predicted molar refractivity (Wildman–Crippen MR) is 79.9 cm³/mol. The second kappa shape index (κ2) is 6.22. The Kier molecular flexibility index (Phi) is 4.61. The molecule has 0 aliphatic carbocycles. The first-order chi connectivity index (χ1) is 9.06. The third-order valence-electron chi connectivity index (χ3n) is 2.65. The maximum absolute atomic E-state index is 11.2. The Balaban J connectivity index is 2.07. The first kappa shape index (κ1) is 14.1. The summed E-state index contributed by atoms with van der Waals surface area (Å²) >= 11 is 9.46. The molecule has 0 aliphatic rings. The number of ether oxygens (including phenoxy) is 1. The van der Waals surface area contributed by atoms with Gasteiger partial charge in [-0.1, -0.05) is 39.7 Å². The van der Waals surface area contributed by atoms with Gasteiger partial charge in [0.05, 0.1) is 5.02 Å². The minimum absolute atomic E-state index is 0.0126. The fraction of sp³-hybridized carbons (Fsp3) is 0.133. The first-order valence-corrected chi connectivity index (χ1v) is 6.91. The molecule has 0 heterocycles. The average Bonchev–Trinajstić information content (AvgIpc) is 2.39. The third kappa shape index (κ3) is 3.82. The summed E-state index contributed by atoms with van der Waals surface area (Å²) in [4.78, 5) is 11.2. The van der Waals surface area contributed by atoms with Crippen LogP contribution >= 0.6 is 27.5 Å². The molecule has 0 unspecified atom stereocenters. The van der Waals surface area contributed by atoms with Gasteiger partial charge in [-0.05, 0) is 42.8 Å². The summed E-state index contributed by atoms with van der Waals surface area (Å²) in [6.07, 6.45) is 0. The van der Waals surface area contributed by atoms with Crippen LogP contribution in [0.1, 0.15) is 22.8 Å². The zero-order valence-electron chi connectivity index (χ0n) is 10.3. The van der Waals surface area contributed by atoms with Gasteiger partial charge in [0, 0.05) is 10.0 Å². The van der Waals surface area contributed by atoms with Gasteiger partial charge in [-0.2, -0.15) is 0 Å². The standard InChI is InChI=1S/C15H12BrClO2/c1-10(18)12-4-7-15(14(17)8-12)19-9-11-2-5-13(16)6-3-11/h2-8H,9H2,1H3. The molecule has 0 saturated carbocycles. The van der Waals surface area contributed by atoms with Crippen molar-refractivity contribution in [2.75, 3.05) is 0 Å². The molecule has 0 N–H and O–H groups in total. The lowest BCUT2D eigenvalue weighted by atomic mass is 10.1. The normalized spacial score (nSPS) is 10.3. The summed E-state index contributed by atoms with van der Waals surface area (Å²) < 4.78 is 6.67. The Morgan fingerprint density at radius 1 is 1.21 bits per heavy atom. The number of Topliss-reactive ketones (excluding diaryl/α,β-unsaturated/α-hetero) is 1. The zero-order chi connectivity index (χ0) is 13.8. The van der Waals surface area contributed by atoms with E-state index < -0.39 is 0 Å². The first-order valence-electron chi connectivity index (χ1n) is 5.74. The van der Waals surface area contributed by atoms with Crippen LogP contribution in [0.3, 0.4) is 0 Å². The number of benzene rings is 2. The fourth-order valence-corrected chi connectivity index (χ4v) is 2.08. The van der Waals surface area contributed by atoms with E-state index in [9.17, 15) is 4.79 Å². The van der Waals surface area contributed by atoms with Crippen molar-refractivity contribution in [2.24, 2.45) is 0 Å². The van der Waals surface area contributed by atoms with E-state index in [-0.39, 0.29) is 5.78 Å². The Morgan fingerprint density at radius 2 is 1.89 bits per heavy atom. The van der Waals surface area contributed by atoms with E-state index in [2.05, 4.69) is 15.9 Å². The average molecular weight is 340 g/mol. The summed E-state index contributed by atoms with van der Waals surface area (Å²) in [7, 11) is 0. The number of carbonyl (C=O) groups is 1. The molecule has 0 radical (unpaired) electrons. The molecular weight excluding hydrogens is 328 g/mol. The summed E-state index contributed by atoms with van der Waals surface area (Å²) in [5, 5.41) is 0.449. The van der Waals surface area contributed by atoms with Crippen molar-refractivity contribution in [3.8, 4) is 5.75 Å². The van der Waals surface area contributed by atoms with Crippen molar-refractivity contribution in [3.63, 3.8) is 0 Å². The number of hydrogen-bond donors (Lipinski definition) is 0. The smallest absolute Gasteiger partial charge is 0.159 e. The molecule has 98 valence electrons. The van der Waals surface area contributed by atoms with E-state index in [1.54, 1.807) is 18.2 Å². The van der Waals surface area contributed by atoms with Crippen LogP contribution < -0.4 is 4.74 Å². The van der Waals surface area contributed by atoms with E-state index >= 15 is 0 Å². The van der Waals surface area contributed by atoms with Crippen molar-refractivity contribution >= 4 is 33.3 Å². The lowest BCUT2D eigenvalue weighted by Gasteiger charge is -2.09. The molecule has 0 saturated heterocycles. The zero-order valence-corrected chi connectivity index (χ0v) is 12.7. The van der Waals surface area contributed by atoms with E-state index in [0.29, 0.717) is 22.9 Å². The Hall–Kier alpha value is -1.32. The van der Waals surface area contributed by atoms with Crippen LogP contribution in [0, 0.1) is 0 Å². The molecule has 4 heteroatoms. The lowest BCUT2D eigenvalue weighted by Crippen LogP contribution is -1.97. The number of carbonyl (C=O) groups excluding carboxylic acids is 1. The predicted octanol–water partition coefficient (Wildman–Crippen LogP) is 4.88. The molecule has 0 bridgehead atoms. The molecular formula is C15H12BrClO2. The van der Waals surface area contributed by atoms with Crippen molar-refractivity contribution in [2.45, 2.75) is 13.5 Å². The number of rotatable bonds is 4. The Labute approximate surface area is 125 Å². The largest absolute Gasteiger partial charge is 0.487 e. The second-order valence-electron chi connectivity index (χ2n) is 4.12. The van der Waals surface area contributed by atoms with Crippen molar-refractivity contribution < 1.29 is 9.53 Å². The SMILES string of the molecule is CC(=O)c1ccc(OCc2ccc(Br)cc2)c(Cl)c1. The van der Waals surface area contributed by atoms with Crippen LogP contribution in [0.4, 0.5) is 0 Å². The van der Waals surface area contributed by atoms with Gasteiger partial charge in [-0.25, -0.2) is 0 Å². The van der Waals surface area contributed by atoms with Gasteiger partial charge in [-0.15, -0.1) is 0 Å². The maximum atomic E-state index is 11.2. The van der Waals surface area contributed by atoms with Gasteiger partial charge in [0.25, 0.3) is 0 Å². The van der Waals surface area contributed by atoms with Gasteiger partial charge >= 0.3 is 0 Å². The highest BCUT2D eigenvalue weighted by Gasteiger charge is 2.06. The molecule has 0 atom stereocenters. The summed E-state index contributed by atoms with van der Waals surface area (Å²) in [5.41, 5.74) is 1.64. The molecule has 19 heavy (non-hydrogen) atoms. The van der Waals surface area contributed by atoms with Gasteiger partial charge in [-0.3, -0.25) is 4.79 Å². The molecule has 2 aromatic rings. The van der Waals surface area contributed by atoms with Crippen LogP contribution in [0.25, 0.3) is 0 Å². The topological polar surface area (TPSA) is 26.3 Å². The highest BCUT2D eigenvalue weighted by molar-refractivity contribution is 9.10. The van der Waals surface area contributed by atoms with E-state index in [0.717, 1.165) is 10.0 Å². The minimum atomic E-state index is -0.0126. The summed E-state index contributed by atoms with van der Waals surface area (Å²) in [6.45, 7) is 1.94. The van der Waals surface area contributed by atoms with E-state index in [1.165, 1.54) is 6.92 Å². The van der Waals surface area contributed by atoms with Crippen molar-refractivity contribution in [3.05, 3.63) is 63.1 Å². The number of ketones is 1. The van der Waals surface area contributed by atoms with Crippen LogP contribution in [0.5, 0.6) is 5.75 Å². The molecule has 0 spiro atoms. The Bertz CT molecular complexity index is 594. The van der Waals surface area contributed by atoms with Gasteiger partial charge in [0.2, 0.25) is 0 Å². The molecule has 0 amide bonds. The highest BCUT2D eigenvalue weighted by Crippen LogP contribution is 2.26. The van der Waals surface area contributed by atoms with Gasteiger partial charge in [0.15, 0.2) is 5.78 Å². The van der Waals surface area contributed by atoms with Crippen LogP contribution in [0.2, 0.25) is 5.02 Å². The molecule has 2 aromatic carbocycles.